The molecule has 0 aliphatic carbocycles. The highest BCUT2D eigenvalue weighted by molar-refractivity contribution is 7.16. The van der Waals surface area contributed by atoms with Crippen molar-refractivity contribution in [3.63, 3.8) is 0 Å². The van der Waals surface area contributed by atoms with Gasteiger partial charge in [-0.1, -0.05) is 23.7 Å². The minimum absolute atomic E-state index is 0.158. The van der Waals surface area contributed by atoms with Crippen molar-refractivity contribution in [1.82, 2.24) is 4.98 Å². The van der Waals surface area contributed by atoms with Crippen LogP contribution in [0.3, 0.4) is 0 Å². The van der Waals surface area contributed by atoms with Crippen LogP contribution in [0.1, 0.15) is 4.88 Å². The van der Waals surface area contributed by atoms with Crippen LogP contribution < -0.4 is 5.32 Å². The number of aromatic nitrogens is 1. The molecule has 0 radical (unpaired) electrons. The van der Waals surface area contributed by atoms with Crippen molar-refractivity contribution in [1.29, 1.82) is 0 Å². The molecule has 0 unspecified atom stereocenters. The van der Waals surface area contributed by atoms with E-state index in [2.05, 4.69) is 10.3 Å². The Morgan fingerprint density at radius 2 is 1.92 bits per heavy atom. The summed E-state index contributed by atoms with van der Waals surface area (Å²) in [5.41, 5.74) is 1.87. The van der Waals surface area contributed by atoms with E-state index in [1.165, 1.54) is 23.5 Å². The number of rotatable bonds is 5. The van der Waals surface area contributed by atoms with E-state index >= 15 is 0 Å². The number of carbonyl (C=O) groups is 1. The number of halogens is 2. The van der Waals surface area contributed by atoms with Crippen molar-refractivity contribution >= 4 is 39.7 Å². The summed E-state index contributed by atoms with van der Waals surface area (Å²) in [7, 11) is 0. The molecule has 0 bridgehead atoms. The third-order valence-corrected chi connectivity index (χ3v) is 4.54. The predicted octanol–water partition coefficient (Wildman–Crippen LogP) is 4.97. The van der Waals surface area contributed by atoms with Gasteiger partial charge in [-0.2, -0.15) is 0 Å². The van der Waals surface area contributed by atoms with Gasteiger partial charge in [0.15, 0.2) is 5.13 Å². The first kappa shape index (κ1) is 16.4. The molecule has 0 atom stereocenters. The van der Waals surface area contributed by atoms with Crippen LogP contribution in [0, 0.1) is 5.82 Å². The Morgan fingerprint density at radius 1 is 1.21 bits per heavy atom. The summed E-state index contributed by atoms with van der Waals surface area (Å²) in [5, 5.41) is 13.3. The van der Waals surface area contributed by atoms with Crippen molar-refractivity contribution in [3.8, 4) is 11.3 Å². The van der Waals surface area contributed by atoms with Crippen LogP contribution in [0.5, 0.6) is 0 Å². The first-order chi connectivity index (χ1) is 11.5. The van der Waals surface area contributed by atoms with Crippen LogP contribution in [-0.4, -0.2) is 16.1 Å². The van der Waals surface area contributed by atoms with Crippen molar-refractivity contribution in [2.24, 2.45) is 0 Å². The zero-order chi connectivity index (χ0) is 17.1. The van der Waals surface area contributed by atoms with Gasteiger partial charge in [0.05, 0.1) is 22.8 Å². The maximum Gasteiger partial charge on any atom is 0.308 e. The molecule has 0 amide bonds. The molecule has 7 heteroatoms. The predicted molar refractivity (Wildman–Crippen MR) is 93.6 cm³/mol. The number of anilines is 2. The largest absolute Gasteiger partial charge is 0.481 e. The molecule has 2 N–H and O–H groups in total. The van der Waals surface area contributed by atoms with Gasteiger partial charge in [-0.3, -0.25) is 4.79 Å². The molecule has 24 heavy (non-hydrogen) atoms. The van der Waals surface area contributed by atoms with Crippen molar-refractivity contribution < 1.29 is 14.3 Å². The maximum absolute atomic E-state index is 13.1. The lowest BCUT2D eigenvalue weighted by Crippen LogP contribution is -1.99. The number of hydrogen-bond donors (Lipinski definition) is 2. The fourth-order valence-electron chi connectivity index (χ4n) is 2.17. The second-order valence-electron chi connectivity index (χ2n) is 4.97. The van der Waals surface area contributed by atoms with Gasteiger partial charge in [-0.15, -0.1) is 11.3 Å². The van der Waals surface area contributed by atoms with Crippen molar-refractivity contribution in [2.45, 2.75) is 6.42 Å². The van der Waals surface area contributed by atoms with Gasteiger partial charge in [0.2, 0.25) is 0 Å². The third-order valence-electron chi connectivity index (χ3n) is 3.24. The average molecular weight is 363 g/mol. The highest BCUT2D eigenvalue weighted by Crippen LogP contribution is 2.34. The lowest BCUT2D eigenvalue weighted by atomic mass is 10.1. The molecule has 0 spiro atoms. The number of para-hydroxylation sites is 1. The lowest BCUT2D eigenvalue weighted by Gasteiger charge is -2.03. The van der Waals surface area contributed by atoms with Gasteiger partial charge < -0.3 is 10.4 Å². The minimum atomic E-state index is -0.952. The Bertz CT molecular complexity index is 881. The molecule has 0 fully saturated rings. The van der Waals surface area contributed by atoms with E-state index in [-0.39, 0.29) is 12.2 Å². The Morgan fingerprint density at radius 3 is 2.58 bits per heavy atom. The van der Waals surface area contributed by atoms with E-state index in [1.54, 1.807) is 24.3 Å². The Hall–Kier alpha value is -2.44. The van der Waals surface area contributed by atoms with Crippen LogP contribution in [0.15, 0.2) is 48.5 Å². The van der Waals surface area contributed by atoms with E-state index in [1.807, 2.05) is 12.1 Å². The minimum Gasteiger partial charge on any atom is -0.481 e. The molecule has 3 rings (SSSR count). The normalized spacial score (nSPS) is 10.6. The molecule has 122 valence electrons. The van der Waals surface area contributed by atoms with Gasteiger partial charge in [-0.05, 0) is 36.4 Å². The number of thiazole rings is 1. The summed E-state index contributed by atoms with van der Waals surface area (Å²) >= 11 is 7.35. The van der Waals surface area contributed by atoms with Gasteiger partial charge in [0.25, 0.3) is 0 Å². The van der Waals surface area contributed by atoms with E-state index in [4.69, 9.17) is 16.7 Å². The Kier molecular flexibility index (Phi) is 4.78. The first-order valence-electron chi connectivity index (χ1n) is 7.02. The molecule has 1 heterocycles. The number of nitrogens with one attached hydrogen (secondary N) is 1. The highest BCUT2D eigenvalue weighted by atomic mass is 35.5. The van der Waals surface area contributed by atoms with Crippen LogP contribution >= 0.6 is 22.9 Å². The summed E-state index contributed by atoms with van der Waals surface area (Å²) in [5.74, 6) is -1.31. The Balaban J connectivity index is 1.98. The zero-order valence-corrected chi connectivity index (χ0v) is 13.9. The van der Waals surface area contributed by atoms with Gasteiger partial charge in [0.1, 0.15) is 5.82 Å². The molecule has 0 saturated carbocycles. The quantitative estimate of drug-likeness (QED) is 0.672. The summed E-state index contributed by atoms with van der Waals surface area (Å²) in [6.45, 7) is 0. The summed E-state index contributed by atoms with van der Waals surface area (Å²) in [4.78, 5) is 16.2. The van der Waals surface area contributed by atoms with Crippen LogP contribution in [-0.2, 0) is 11.2 Å². The first-order valence-corrected chi connectivity index (χ1v) is 8.21. The van der Waals surface area contributed by atoms with Crippen molar-refractivity contribution in [2.75, 3.05) is 5.32 Å². The molecular weight excluding hydrogens is 351 g/mol. The summed E-state index contributed by atoms with van der Waals surface area (Å²) in [6.07, 6.45) is -0.158. The maximum atomic E-state index is 13.1. The number of carboxylic acids is 1. The molecule has 0 aliphatic rings. The monoisotopic (exact) mass is 362 g/mol. The molecular formula is C17H12ClFN2O2S. The standard InChI is InChI=1S/C17H12ClFN2O2S/c18-12-3-1-2-4-13(12)20-17-21-16(14(24-17)9-15(22)23)10-5-7-11(19)8-6-10/h1-8H,9H2,(H,20,21)(H,22,23). The SMILES string of the molecule is O=C(O)Cc1sc(Nc2ccccc2Cl)nc1-c1ccc(F)cc1. The van der Waals surface area contributed by atoms with E-state index in [9.17, 15) is 9.18 Å². The fraction of sp³-hybridized carbons (Fsp3) is 0.0588. The smallest absolute Gasteiger partial charge is 0.308 e. The molecule has 0 aliphatic heterocycles. The number of hydrogen-bond acceptors (Lipinski definition) is 4. The van der Waals surface area contributed by atoms with Gasteiger partial charge in [0, 0.05) is 10.4 Å². The van der Waals surface area contributed by atoms with E-state index < -0.39 is 5.97 Å². The lowest BCUT2D eigenvalue weighted by molar-refractivity contribution is -0.136. The number of carboxylic acid groups (broad SMARTS) is 1. The molecule has 1 aromatic heterocycles. The Labute approximate surface area is 146 Å². The van der Waals surface area contributed by atoms with Crippen molar-refractivity contribution in [3.05, 3.63) is 64.2 Å². The van der Waals surface area contributed by atoms with E-state index in [0.717, 1.165) is 0 Å². The van der Waals surface area contributed by atoms with Gasteiger partial charge in [-0.25, -0.2) is 9.37 Å². The number of nitrogens with zero attached hydrogens (tertiary/aromatic N) is 1. The van der Waals surface area contributed by atoms with E-state index in [0.29, 0.717) is 32.0 Å². The average Bonchev–Trinajstić information content (AvgIpc) is 2.92. The summed E-state index contributed by atoms with van der Waals surface area (Å²) in [6, 6.07) is 13.0. The van der Waals surface area contributed by atoms with Crippen LogP contribution in [0.25, 0.3) is 11.3 Å². The zero-order valence-electron chi connectivity index (χ0n) is 12.3. The van der Waals surface area contributed by atoms with Crippen LogP contribution in [0.4, 0.5) is 15.2 Å². The highest BCUT2D eigenvalue weighted by Gasteiger charge is 2.16. The molecule has 2 aromatic carbocycles. The summed E-state index contributed by atoms with van der Waals surface area (Å²) < 4.78 is 13.1. The topological polar surface area (TPSA) is 62.2 Å². The molecule has 4 nitrogen and oxygen atoms in total. The number of aliphatic carboxylic acids is 1. The fourth-order valence-corrected chi connectivity index (χ4v) is 3.34. The van der Waals surface area contributed by atoms with Gasteiger partial charge >= 0.3 is 5.97 Å². The number of benzene rings is 2. The second kappa shape index (κ2) is 6.98. The second-order valence-corrected chi connectivity index (χ2v) is 6.46. The molecule has 3 aromatic rings. The third kappa shape index (κ3) is 3.72. The van der Waals surface area contributed by atoms with Crippen LogP contribution in [0.2, 0.25) is 5.02 Å². The molecule has 0 saturated heterocycles.